The van der Waals surface area contributed by atoms with Crippen LogP contribution < -0.4 is 26.0 Å². The lowest BCUT2D eigenvalue weighted by atomic mass is 10.1. The van der Waals surface area contributed by atoms with E-state index >= 15 is 0 Å². The molecule has 4 rings (SSSR count). The van der Waals surface area contributed by atoms with Crippen LogP contribution >= 0.6 is 11.3 Å². The number of anilines is 3. The summed E-state index contributed by atoms with van der Waals surface area (Å²) >= 11 is 1.22. The molecule has 9 N–H and O–H groups in total. The van der Waals surface area contributed by atoms with Crippen molar-refractivity contribution in [1.82, 2.24) is 25.8 Å². The average molecular weight is 604 g/mol. The van der Waals surface area contributed by atoms with E-state index in [9.17, 15) is 34.8 Å². The Morgan fingerprint density at radius 3 is 2.60 bits per heavy atom. The fourth-order valence-electron chi connectivity index (χ4n) is 3.70. The quantitative estimate of drug-likeness (QED) is 0.107. The highest BCUT2D eigenvalue weighted by Gasteiger charge is 2.31. The molecule has 16 nitrogen and oxygen atoms in total. The fourth-order valence-corrected chi connectivity index (χ4v) is 4.63. The molecular formula is C25H29N7O9S. The highest BCUT2D eigenvalue weighted by atomic mass is 32.1. The third-order valence-electron chi connectivity index (χ3n) is 5.84. The number of ether oxygens (including phenoxy) is 1. The van der Waals surface area contributed by atoms with E-state index in [1.165, 1.54) is 30.7 Å². The van der Waals surface area contributed by atoms with Gasteiger partial charge in [-0.15, -0.1) is 21.5 Å². The SMILES string of the molecule is COc1c(Nc2cc(NC(=O)C3CC3)nnc2C(=O)NC(O)(O)O)cccc1-c1ncc(CC(=O)NCC(O)CO)s1. The van der Waals surface area contributed by atoms with E-state index in [1.807, 2.05) is 0 Å². The Kier molecular flexibility index (Phi) is 9.61. The fraction of sp³-hybridized carbons (Fsp3) is 0.360. The van der Waals surface area contributed by atoms with Gasteiger partial charge in [-0.2, -0.15) is 0 Å². The molecule has 1 aliphatic carbocycles. The van der Waals surface area contributed by atoms with Gasteiger partial charge in [-0.3, -0.25) is 19.7 Å². The molecule has 1 atom stereocenters. The van der Waals surface area contributed by atoms with Gasteiger partial charge in [0.25, 0.3) is 5.91 Å². The molecule has 1 aliphatic rings. The van der Waals surface area contributed by atoms with Crippen molar-refractivity contribution in [2.45, 2.75) is 31.5 Å². The maximum Gasteiger partial charge on any atom is 0.369 e. The molecule has 0 spiro atoms. The number of para-hydroxylation sites is 1. The molecule has 0 saturated heterocycles. The number of nitrogens with zero attached hydrogens (tertiary/aromatic N) is 3. The molecule has 17 heteroatoms. The summed E-state index contributed by atoms with van der Waals surface area (Å²) < 4.78 is 5.63. The van der Waals surface area contributed by atoms with Gasteiger partial charge in [0.15, 0.2) is 17.3 Å². The monoisotopic (exact) mass is 603 g/mol. The molecule has 1 unspecified atom stereocenters. The van der Waals surface area contributed by atoms with E-state index in [-0.39, 0.29) is 42.2 Å². The number of hydrogen-bond donors (Lipinski definition) is 9. The van der Waals surface area contributed by atoms with Gasteiger partial charge in [0, 0.05) is 29.6 Å². The number of carbonyl (C=O) groups excluding carboxylic acids is 3. The summed E-state index contributed by atoms with van der Waals surface area (Å²) in [5.41, 5.74) is 0.398. The topological polar surface area (TPSA) is 248 Å². The van der Waals surface area contributed by atoms with Crippen LogP contribution in [0.1, 0.15) is 28.2 Å². The first-order valence-electron chi connectivity index (χ1n) is 12.6. The second kappa shape index (κ2) is 13.1. The Morgan fingerprint density at radius 2 is 1.93 bits per heavy atom. The number of carbonyl (C=O) groups is 3. The molecule has 0 radical (unpaired) electrons. The lowest BCUT2D eigenvalue weighted by molar-refractivity contribution is -0.323. The third kappa shape index (κ3) is 8.15. The van der Waals surface area contributed by atoms with E-state index in [2.05, 4.69) is 31.1 Å². The summed E-state index contributed by atoms with van der Waals surface area (Å²) in [6.07, 6.45) is -1.57. The van der Waals surface area contributed by atoms with Crippen LogP contribution in [0.15, 0.2) is 30.5 Å². The molecule has 0 aliphatic heterocycles. The van der Waals surface area contributed by atoms with Gasteiger partial charge in [-0.1, -0.05) is 6.07 Å². The minimum atomic E-state index is -3.52. The van der Waals surface area contributed by atoms with Crippen molar-refractivity contribution in [3.63, 3.8) is 0 Å². The lowest BCUT2D eigenvalue weighted by Gasteiger charge is -2.18. The largest absolute Gasteiger partial charge is 0.494 e. The Bertz CT molecular complexity index is 1460. The van der Waals surface area contributed by atoms with Crippen LogP contribution in [0.5, 0.6) is 5.75 Å². The van der Waals surface area contributed by atoms with Crippen molar-refractivity contribution in [2.75, 3.05) is 30.9 Å². The first kappa shape index (κ1) is 30.7. The summed E-state index contributed by atoms with van der Waals surface area (Å²) in [7, 11) is 1.41. The summed E-state index contributed by atoms with van der Waals surface area (Å²) in [5.74, 6) is -1.63. The molecular weight excluding hydrogens is 574 g/mol. The van der Waals surface area contributed by atoms with Gasteiger partial charge >= 0.3 is 6.10 Å². The number of thiazole rings is 1. The van der Waals surface area contributed by atoms with E-state index in [1.54, 1.807) is 23.5 Å². The van der Waals surface area contributed by atoms with Crippen LogP contribution in [0.25, 0.3) is 10.6 Å². The Morgan fingerprint density at radius 1 is 1.17 bits per heavy atom. The second-order valence-corrected chi connectivity index (χ2v) is 10.4. The van der Waals surface area contributed by atoms with Gasteiger partial charge in [0.2, 0.25) is 11.8 Å². The minimum absolute atomic E-state index is 0.00531. The molecule has 2 aromatic heterocycles. The molecule has 3 aromatic rings. The number of methoxy groups -OCH3 is 1. The van der Waals surface area contributed by atoms with Gasteiger partial charge in [-0.05, 0) is 25.0 Å². The highest BCUT2D eigenvalue weighted by molar-refractivity contribution is 7.15. The van der Waals surface area contributed by atoms with Crippen molar-refractivity contribution in [1.29, 1.82) is 0 Å². The molecule has 1 aromatic carbocycles. The minimum Gasteiger partial charge on any atom is -0.494 e. The molecule has 1 saturated carbocycles. The summed E-state index contributed by atoms with van der Waals surface area (Å²) in [6, 6.07) is 6.34. The Labute approximate surface area is 242 Å². The normalized spacial score (nSPS) is 13.7. The average Bonchev–Trinajstić information content (AvgIpc) is 3.70. The van der Waals surface area contributed by atoms with E-state index in [4.69, 9.17) is 9.84 Å². The first-order valence-corrected chi connectivity index (χ1v) is 13.4. The van der Waals surface area contributed by atoms with Gasteiger partial charge in [0.1, 0.15) is 5.01 Å². The maximum absolute atomic E-state index is 12.6. The first-order chi connectivity index (χ1) is 20.0. The zero-order valence-corrected chi connectivity index (χ0v) is 23.0. The smallest absolute Gasteiger partial charge is 0.369 e. The third-order valence-corrected chi connectivity index (χ3v) is 6.87. The van der Waals surface area contributed by atoms with Crippen molar-refractivity contribution < 1.29 is 44.7 Å². The van der Waals surface area contributed by atoms with Gasteiger partial charge in [0.05, 0.1) is 43.2 Å². The van der Waals surface area contributed by atoms with E-state index < -0.39 is 30.4 Å². The Hall–Kier alpha value is -4.26. The predicted molar refractivity (Wildman–Crippen MR) is 147 cm³/mol. The van der Waals surface area contributed by atoms with Crippen LogP contribution in [0.3, 0.4) is 0 Å². The second-order valence-electron chi connectivity index (χ2n) is 9.31. The van der Waals surface area contributed by atoms with Gasteiger partial charge in [-0.25, -0.2) is 4.98 Å². The van der Waals surface area contributed by atoms with Crippen molar-refractivity contribution in [3.8, 4) is 16.3 Å². The standard InChI is InChI=1S/C25H29N7O9S/c1-41-21-15(24-27-10-14(42-24)7-19(35)26-9-13(34)11-33)3-2-4-16(21)28-17-8-18(29-22(36)12-5-6-12)31-32-20(17)23(37)30-25(38,39)40/h2-4,8,10,12-13,33-34,38-40H,5-7,9,11H2,1H3,(H,26,35)(H,30,37)(H2,28,29,31,36). The van der Waals surface area contributed by atoms with Crippen LogP contribution in [0, 0.1) is 5.92 Å². The molecule has 42 heavy (non-hydrogen) atoms. The molecule has 0 bridgehead atoms. The van der Waals surface area contributed by atoms with E-state index in [0.29, 0.717) is 26.9 Å². The van der Waals surface area contributed by atoms with Gasteiger partial charge < -0.3 is 46.2 Å². The number of aliphatic hydroxyl groups is 5. The number of benzene rings is 1. The summed E-state index contributed by atoms with van der Waals surface area (Å²) in [6.45, 7) is -0.563. The molecule has 2 heterocycles. The summed E-state index contributed by atoms with van der Waals surface area (Å²) in [4.78, 5) is 42.1. The highest BCUT2D eigenvalue weighted by Crippen LogP contribution is 2.40. The predicted octanol–water partition coefficient (Wildman–Crippen LogP) is -0.969. The van der Waals surface area contributed by atoms with Crippen LogP contribution in [0.4, 0.5) is 17.2 Å². The lowest BCUT2D eigenvalue weighted by Crippen LogP contribution is -2.48. The summed E-state index contributed by atoms with van der Waals surface area (Å²) in [5, 5.41) is 63.8. The Balaban J connectivity index is 1.61. The number of aromatic nitrogens is 3. The number of nitrogens with one attached hydrogen (secondary N) is 4. The number of hydrogen-bond acceptors (Lipinski definition) is 14. The molecule has 3 amide bonds. The number of amides is 3. The zero-order chi connectivity index (χ0) is 30.4. The van der Waals surface area contributed by atoms with Crippen molar-refractivity contribution >= 4 is 46.3 Å². The number of aliphatic hydroxyl groups excluding tert-OH is 2. The maximum atomic E-state index is 12.6. The molecule has 1 fully saturated rings. The zero-order valence-electron chi connectivity index (χ0n) is 22.2. The van der Waals surface area contributed by atoms with Crippen LogP contribution in [-0.2, 0) is 16.0 Å². The van der Waals surface area contributed by atoms with Crippen molar-refractivity contribution in [3.05, 3.63) is 41.0 Å². The van der Waals surface area contributed by atoms with Crippen LogP contribution in [0.2, 0.25) is 0 Å². The number of rotatable bonds is 13. The van der Waals surface area contributed by atoms with Crippen molar-refractivity contribution in [2.24, 2.45) is 5.92 Å². The van der Waals surface area contributed by atoms with Crippen LogP contribution in [-0.4, -0.2) is 90.9 Å². The molecule has 224 valence electrons. The van der Waals surface area contributed by atoms with E-state index in [0.717, 1.165) is 12.8 Å².